The summed E-state index contributed by atoms with van der Waals surface area (Å²) in [4.78, 5) is 35.2. The molecule has 10 nitrogen and oxygen atoms in total. The van der Waals surface area contributed by atoms with E-state index < -0.39 is 0 Å². The summed E-state index contributed by atoms with van der Waals surface area (Å²) in [5.74, 6) is 0.0513. The van der Waals surface area contributed by atoms with E-state index in [4.69, 9.17) is 16.6 Å². The van der Waals surface area contributed by atoms with Crippen molar-refractivity contribution in [2.45, 2.75) is 20.0 Å². The van der Waals surface area contributed by atoms with Gasteiger partial charge in [-0.1, -0.05) is 48.5 Å². The zero-order valence-electron chi connectivity index (χ0n) is 22.6. The van der Waals surface area contributed by atoms with Crippen molar-refractivity contribution in [1.29, 1.82) is 0 Å². The van der Waals surface area contributed by atoms with Crippen molar-refractivity contribution >= 4 is 33.5 Å². The van der Waals surface area contributed by atoms with Gasteiger partial charge in [0, 0.05) is 30.4 Å². The van der Waals surface area contributed by atoms with Crippen LogP contribution in [0.2, 0.25) is 0 Å². The smallest absolute Gasteiger partial charge is 0.263 e. The number of aryl methyl sites for hydroxylation is 1. The molecule has 0 unspecified atom stereocenters. The predicted molar refractivity (Wildman–Crippen MR) is 160 cm³/mol. The van der Waals surface area contributed by atoms with Gasteiger partial charge in [0.15, 0.2) is 5.65 Å². The van der Waals surface area contributed by atoms with E-state index >= 15 is 0 Å². The Kier molecular flexibility index (Phi) is 6.52. The molecule has 3 aromatic heterocycles. The lowest BCUT2D eigenvalue weighted by atomic mass is 10.0. The zero-order chi connectivity index (χ0) is 28.7. The van der Waals surface area contributed by atoms with Crippen molar-refractivity contribution in [3.05, 3.63) is 112 Å². The third-order valence-corrected chi connectivity index (χ3v) is 7.28. The fraction of sp³-hybridized carbons (Fsp3) is 0.129. The van der Waals surface area contributed by atoms with Gasteiger partial charge in [0.25, 0.3) is 11.5 Å². The summed E-state index contributed by atoms with van der Waals surface area (Å²) in [6.07, 6.45) is 1.39. The van der Waals surface area contributed by atoms with Crippen LogP contribution in [0.1, 0.15) is 27.2 Å². The highest BCUT2D eigenvalue weighted by molar-refractivity contribution is 6.00. The molecule has 41 heavy (non-hydrogen) atoms. The van der Waals surface area contributed by atoms with Crippen LogP contribution < -0.4 is 22.3 Å². The molecule has 0 aliphatic carbocycles. The zero-order valence-corrected chi connectivity index (χ0v) is 22.6. The number of para-hydroxylation sites is 1. The summed E-state index contributed by atoms with van der Waals surface area (Å²) in [6.45, 7) is 2.41. The lowest BCUT2D eigenvalue weighted by Crippen LogP contribution is -2.25. The first-order valence-corrected chi connectivity index (χ1v) is 13.1. The Balaban J connectivity index is 1.60. The summed E-state index contributed by atoms with van der Waals surface area (Å²) in [5.41, 5.74) is 17.7. The van der Waals surface area contributed by atoms with E-state index in [0.29, 0.717) is 44.6 Å². The number of fused-ring (bicyclic) bond motifs is 2. The Morgan fingerprint density at radius 1 is 0.976 bits per heavy atom. The Bertz CT molecular complexity index is 2030. The van der Waals surface area contributed by atoms with E-state index in [-0.39, 0.29) is 30.4 Å². The second-order valence-corrected chi connectivity index (χ2v) is 9.77. The molecule has 3 aromatic carbocycles. The average Bonchev–Trinajstić information content (AvgIpc) is 3.36. The molecule has 0 spiro atoms. The van der Waals surface area contributed by atoms with Crippen molar-refractivity contribution in [2.24, 2.45) is 5.73 Å². The fourth-order valence-electron chi connectivity index (χ4n) is 5.32. The van der Waals surface area contributed by atoms with Crippen LogP contribution in [0.4, 0.5) is 5.82 Å². The first kappa shape index (κ1) is 25.9. The average molecular weight is 545 g/mol. The number of carbonyl (C=O) groups excluding carboxylic acids is 1. The van der Waals surface area contributed by atoms with Crippen LogP contribution in [0.5, 0.6) is 0 Å². The van der Waals surface area contributed by atoms with Gasteiger partial charge in [-0.3, -0.25) is 14.2 Å². The van der Waals surface area contributed by atoms with Crippen molar-refractivity contribution < 1.29 is 4.79 Å². The van der Waals surface area contributed by atoms with Crippen LogP contribution in [0.15, 0.2) is 83.9 Å². The molecule has 6 rings (SSSR count). The van der Waals surface area contributed by atoms with Gasteiger partial charge in [-0.15, -0.1) is 0 Å². The molecule has 0 aliphatic heterocycles. The van der Waals surface area contributed by atoms with Gasteiger partial charge in [-0.2, -0.15) is 5.10 Å². The second kappa shape index (κ2) is 10.3. The standard InChI is InChI=1S/C31H28N8O2/c1-18-7-5-9-19-14-23(39(31(41)25(18)19)24-12-4-3-8-22(24)15-32)16-38-29-26(28(33)35-17-36-29)27(37-38)20-10-6-11-21(13-20)30(40)34-2/h3-14,17H,15-16,32H2,1-2H3,(H,34,40)(H2,33,35,36). The van der Waals surface area contributed by atoms with Gasteiger partial charge in [0.2, 0.25) is 0 Å². The summed E-state index contributed by atoms with van der Waals surface area (Å²) in [6, 6.07) is 22.5. The van der Waals surface area contributed by atoms with Gasteiger partial charge in [-0.25, -0.2) is 14.6 Å². The van der Waals surface area contributed by atoms with Crippen molar-refractivity contribution in [3.8, 4) is 16.9 Å². The maximum Gasteiger partial charge on any atom is 0.263 e. The number of hydrogen-bond donors (Lipinski definition) is 3. The Morgan fingerprint density at radius 2 is 1.78 bits per heavy atom. The molecule has 10 heteroatoms. The molecule has 0 bridgehead atoms. The summed E-state index contributed by atoms with van der Waals surface area (Å²) < 4.78 is 3.43. The summed E-state index contributed by atoms with van der Waals surface area (Å²) in [7, 11) is 1.58. The van der Waals surface area contributed by atoms with E-state index in [2.05, 4.69) is 15.3 Å². The largest absolute Gasteiger partial charge is 0.383 e. The molecule has 0 radical (unpaired) electrons. The fourth-order valence-corrected chi connectivity index (χ4v) is 5.32. The molecular weight excluding hydrogens is 516 g/mol. The summed E-state index contributed by atoms with van der Waals surface area (Å²) >= 11 is 0. The normalized spacial score (nSPS) is 11.3. The third-order valence-electron chi connectivity index (χ3n) is 7.28. The molecule has 0 fully saturated rings. The minimum Gasteiger partial charge on any atom is -0.383 e. The molecule has 0 atom stereocenters. The minimum absolute atomic E-state index is 0.138. The number of nitrogen functional groups attached to an aromatic ring is 1. The first-order valence-electron chi connectivity index (χ1n) is 13.1. The minimum atomic E-state index is -0.214. The van der Waals surface area contributed by atoms with Gasteiger partial charge < -0.3 is 16.8 Å². The van der Waals surface area contributed by atoms with E-state index in [1.165, 1.54) is 6.33 Å². The van der Waals surface area contributed by atoms with Gasteiger partial charge >= 0.3 is 0 Å². The van der Waals surface area contributed by atoms with Gasteiger partial charge in [-0.05, 0) is 47.7 Å². The maximum atomic E-state index is 14.1. The number of hydrogen-bond acceptors (Lipinski definition) is 7. The highest BCUT2D eigenvalue weighted by Crippen LogP contribution is 2.31. The SMILES string of the molecule is CNC(=O)c1cccc(-c2nn(Cc3cc4cccc(C)c4c(=O)n3-c3ccccc3CN)c3ncnc(N)c23)c1. The van der Waals surface area contributed by atoms with Crippen LogP contribution in [0.25, 0.3) is 38.8 Å². The van der Waals surface area contributed by atoms with Crippen LogP contribution >= 0.6 is 0 Å². The number of carbonyl (C=O) groups is 1. The molecule has 1 amide bonds. The van der Waals surface area contributed by atoms with Gasteiger partial charge in [0.05, 0.1) is 23.0 Å². The monoisotopic (exact) mass is 544 g/mol. The lowest BCUT2D eigenvalue weighted by molar-refractivity contribution is 0.0963. The maximum absolute atomic E-state index is 14.1. The molecule has 6 aromatic rings. The number of anilines is 1. The lowest BCUT2D eigenvalue weighted by Gasteiger charge is -2.18. The second-order valence-electron chi connectivity index (χ2n) is 9.77. The molecule has 204 valence electrons. The quantitative estimate of drug-likeness (QED) is 0.291. The molecule has 0 saturated carbocycles. The number of nitrogens with zero attached hydrogens (tertiary/aromatic N) is 5. The Morgan fingerprint density at radius 3 is 2.59 bits per heavy atom. The number of pyridine rings is 1. The van der Waals surface area contributed by atoms with Crippen molar-refractivity contribution in [3.63, 3.8) is 0 Å². The number of nitrogens with two attached hydrogens (primary N) is 2. The third kappa shape index (κ3) is 4.40. The van der Waals surface area contributed by atoms with Crippen LogP contribution in [0.3, 0.4) is 0 Å². The van der Waals surface area contributed by atoms with Crippen LogP contribution in [-0.4, -0.2) is 37.3 Å². The van der Waals surface area contributed by atoms with Crippen LogP contribution in [-0.2, 0) is 13.1 Å². The van der Waals surface area contributed by atoms with Crippen molar-refractivity contribution in [1.82, 2.24) is 29.6 Å². The molecular formula is C31H28N8O2. The van der Waals surface area contributed by atoms with E-state index in [1.54, 1.807) is 34.5 Å². The number of nitrogens with one attached hydrogen (secondary N) is 1. The van der Waals surface area contributed by atoms with Gasteiger partial charge in [0.1, 0.15) is 17.8 Å². The molecule has 5 N–H and O–H groups in total. The van der Waals surface area contributed by atoms with E-state index in [0.717, 1.165) is 16.5 Å². The Labute approximate surface area is 235 Å². The highest BCUT2D eigenvalue weighted by Gasteiger charge is 2.21. The van der Waals surface area contributed by atoms with Crippen LogP contribution in [0, 0.1) is 6.92 Å². The number of amides is 1. The topological polar surface area (TPSA) is 147 Å². The molecule has 0 saturated heterocycles. The Hall–Kier alpha value is -5.35. The predicted octanol–water partition coefficient (Wildman–Crippen LogP) is 3.55. The van der Waals surface area contributed by atoms with E-state index in [9.17, 15) is 9.59 Å². The molecule has 0 aliphatic rings. The van der Waals surface area contributed by atoms with E-state index in [1.807, 2.05) is 61.5 Å². The first-order chi connectivity index (χ1) is 19.9. The molecule has 3 heterocycles. The number of rotatable bonds is 6. The number of aromatic nitrogens is 5. The highest BCUT2D eigenvalue weighted by atomic mass is 16.1. The number of benzene rings is 3. The summed E-state index contributed by atoms with van der Waals surface area (Å²) in [5, 5.41) is 9.59. The van der Waals surface area contributed by atoms with Crippen molar-refractivity contribution in [2.75, 3.05) is 12.8 Å².